The summed E-state index contributed by atoms with van der Waals surface area (Å²) in [6.45, 7) is 1.97. The van der Waals surface area contributed by atoms with Gasteiger partial charge in [-0.05, 0) is 0 Å². The zero-order valence-corrected chi connectivity index (χ0v) is 5.77. The number of hydrogen-bond donors (Lipinski definition) is 0. The molecule has 0 N–H and O–H groups in total. The molecule has 0 aromatic heterocycles. The van der Waals surface area contributed by atoms with Gasteiger partial charge >= 0.3 is 0 Å². The van der Waals surface area contributed by atoms with Crippen molar-refractivity contribution in [2.45, 2.75) is 0 Å². The van der Waals surface area contributed by atoms with E-state index < -0.39 is 0 Å². The Bertz CT molecular complexity index is 28.9. The van der Waals surface area contributed by atoms with Crippen LogP contribution in [0.1, 0.15) is 0 Å². The highest BCUT2D eigenvalue weighted by atomic mass is 79.9. The van der Waals surface area contributed by atoms with Crippen LogP contribution in [0.5, 0.6) is 0 Å². The van der Waals surface area contributed by atoms with Gasteiger partial charge in [0.05, 0.1) is 6.61 Å². The van der Waals surface area contributed by atoms with Crippen LogP contribution in [-0.4, -0.2) is 19.2 Å². The molecule has 0 bridgehead atoms. The lowest BCUT2D eigenvalue weighted by molar-refractivity contribution is 0.00237. The van der Waals surface area contributed by atoms with E-state index in [1.807, 2.05) is 0 Å². The molecule has 0 aliphatic heterocycles. The maximum Gasteiger partial charge on any atom is 0.146 e. The molecule has 0 aliphatic carbocycles. The van der Waals surface area contributed by atoms with Gasteiger partial charge in [0.15, 0.2) is 0 Å². The minimum Gasteiger partial charge on any atom is -0.359 e. The molecule has 2 nitrogen and oxygen atoms in total. The Kier molecular flexibility index (Phi) is 6.77. The van der Waals surface area contributed by atoms with Gasteiger partial charge in [0, 0.05) is 12.4 Å². The first-order chi connectivity index (χ1) is 3.41. The summed E-state index contributed by atoms with van der Waals surface area (Å²) < 4.78 is 9.31. The standard InChI is InChI=1S/C4H8BrO2/c1-6-4-7-3-2-5/h3H,2,4H2,1H3. The lowest BCUT2D eigenvalue weighted by atomic mass is 10.9. The van der Waals surface area contributed by atoms with Crippen LogP contribution in [-0.2, 0) is 9.47 Å². The van der Waals surface area contributed by atoms with E-state index in [0.29, 0.717) is 6.79 Å². The van der Waals surface area contributed by atoms with Crippen molar-refractivity contribution in [2.24, 2.45) is 0 Å². The van der Waals surface area contributed by atoms with Crippen LogP contribution < -0.4 is 0 Å². The Labute approximate surface area is 51.9 Å². The van der Waals surface area contributed by atoms with Crippen molar-refractivity contribution < 1.29 is 9.47 Å². The third-order valence-corrected chi connectivity index (χ3v) is 0.631. The minimum absolute atomic E-state index is 0.339. The zero-order chi connectivity index (χ0) is 5.54. The van der Waals surface area contributed by atoms with Gasteiger partial charge < -0.3 is 9.47 Å². The van der Waals surface area contributed by atoms with Crippen molar-refractivity contribution in [3.63, 3.8) is 0 Å². The summed E-state index contributed by atoms with van der Waals surface area (Å²) in [6, 6.07) is 0. The van der Waals surface area contributed by atoms with Gasteiger partial charge in [-0.15, -0.1) is 0 Å². The molecule has 43 valence electrons. The van der Waals surface area contributed by atoms with Crippen LogP contribution in [0.25, 0.3) is 0 Å². The van der Waals surface area contributed by atoms with Gasteiger partial charge in [0.25, 0.3) is 0 Å². The Morgan fingerprint density at radius 3 is 2.86 bits per heavy atom. The molecule has 0 aliphatic rings. The Balaban J connectivity index is 2.45. The van der Waals surface area contributed by atoms with E-state index in [1.54, 1.807) is 13.7 Å². The minimum atomic E-state index is 0.339. The number of hydrogen-bond acceptors (Lipinski definition) is 2. The molecule has 0 rings (SSSR count). The normalized spacial score (nSPS) is 9.43. The highest BCUT2D eigenvalue weighted by Gasteiger charge is 1.79. The maximum atomic E-state index is 4.74. The second-order valence-electron chi connectivity index (χ2n) is 0.894. The zero-order valence-electron chi connectivity index (χ0n) is 4.19. The Hall–Kier alpha value is 0.400. The van der Waals surface area contributed by atoms with Crippen molar-refractivity contribution in [3.8, 4) is 0 Å². The van der Waals surface area contributed by atoms with Crippen molar-refractivity contribution in [3.05, 3.63) is 6.61 Å². The summed E-state index contributed by atoms with van der Waals surface area (Å²) in [7, 11) is 1.59. The fourth-order valence-corrected chi connectivity index (χ4v) is 0.348. The Morgan fingerprint density at radius 1 is 1.71 bits per heavy atom. The topological polar surface area (TPSA) is 18.5 Å². The molecule has 0 aromatic rings. The van der Waals surface area contributed by atoms with Gasteiger partial charge in [0.1, 0.15) is 6.79 Å². The number of methoxy groups -OCH3 is 1. The molecule has 0 aromatic carbocycles. The molecular weight excluding hydrogens is 160 g/mol. The number of alkyl halides is 1. The molecule has 0 spiro atoms. The highest BCUT2D eigenvalue weighted by Crippen LogP contribution is 1.86. The SMILES string of the molecule is COCO[CH]CBr. The fourth-order valence-electron chi connectivity index (χ4n) is 0.161. The molecule has 0 atom stereocenters. The van der Waals surface area contributed by atoms with E-state index in [1.165, 1.54) is 0 Å². The van der Waals surface area contributed by atoms with Crippen molar-refractivity contribution in [1.82, 2.24) is 0 Å². The van der Waals surface area contributed by atoms with E-state index in [-0.39, 0.29) is 0 Å². The van der Waals surface area contributed by atoms with E-state index in [4.69, 9.17) is 4.74 Å². The largest absolute Gasteiger partial charge is 0.359 e. The summed E-state index contributed by atoms with van der Waals surface area (Å²) in [4.78, 5) is 0. The molecule has 0 amide bonds. The summed E-state index contributed by atoms with van der Waals surface area (Å²) in [5, 5.41) is 0.746. The van der Waals surface area contributed by atoms with Gasteiger partial charge in [-0.25, -0.2) is 0 Å². The van der Waals surface area contributed by atoms with E-state index in [2.05, 4.69) is 20.7 Å². The number of ether oxygens (including phenoxy) is 2. The van der Waals surface area contributed by atoms with Crippen molar-refractivity contribution >= 4 is 15.9 Å². The molecule has 0 saturated heterocycles. The monoisotopic (exact) mass is 167 g/mol. The number of halogens is 1. The van der Waals surface area contributed by atoms with Crippen LogP contribution in [0.4, 0.5) is 0 Å². The smallest absolute Gasteiger partial charge is 0.146 e. The van der Waals surface area contributed by atoms with Crippen molar-refractivity contribution in [2.75, 3.05) is 19.2 Å². The average molecular weight is 168 g/mol. The quantitative estimate of drug-likeness (QED) is 0.356. The molecular formula is C4H8BrO2. The van der Waals surface area contributed by atoms with Gasteiger partial charge in [-0.1, -0.05) is 15.9 Å². The predicted octanol–water partition coefficient (Wildman–Crippen LogP) is 1.16. The van der Waals surface area contributed by atoms with E-state index >= 15 is 0 Å². The van der Waals surface area contributed by atoms with Gasteiger partial charge in [-0.2, -0.15) is 0 Å². The van der Waals surface area contributed by atoms with Crippen LogP contribution in [0.3, 0.4) is 0 Å². The summed E-state index contributed by atoms with van der Waals surface area (Å²) in [6.07, 6.45) is 0. The first kappa shape index (κ1) is 7.40. The lowest BCUT2D eigenvalue weighted by Crippen LogP contribution is -1.92. The molecule has 0 heterocycles. The van der Waals surface area contributed by atoms with Crippen molar-refractivity contribution in [1.29, 1.82) is 0 Å². The van der Waals surface area contributed by atoms with Crippen LogP contribution in [0, 0.1) is 6.61 Å². The van der Waals surface area contributed by atoms with E-state index in [0.717, 1.165) is 5.33 Å². The average Bonchev–Trinajstić information content (AvgIpc) is 1.69. The van der Waals surface area contributed by atoms with Crippen LogP contribution in [0.15, 0.2) is 0 Å². The second kappa shape index (κ2) is 6.40. The molecule has 0 fully saturated rings. The third-order valence-electron chi connectivity index (χ3n) is 0.367. The Morgan fingerprint density at radius 2 is 2.43 bits per heavy atom. The summed E-state index contributed by atoms with van der Waals surface area (Å²) >= 11 is 3.14. The maximum absolute atomic E-state index is 4.74. The van der Waals surface area contributed by atoms with Gasteiger partial charge in [0.2, 0.25) is 0 Å². The fraction of sp³-hybridized carbons (Fsp3) is 0.750. The molecule has 0 saturated carbocycles. The number of rotatable bonds is 4. The third kappa shape index (κ3) is 6.40. The van der Waals surface area contributed by atoms with Crippen LogP contribution in [0.2, 0.25) is 0 Å². The first-order valence-electron chi connectivity index (χ1n) is 1.90. The molecule has 3 heteroatoms. The summed E-state index contributed by atoms with van der Waals surface area (Å²) in [5.41, 5.74) is 0. The van der Waals surface area contributed by atoms with Crippen LogP contribution >= 0.6 is 15.9 Å². The predicted molar refractivity (Wildman–Crippen MR) is 31.1 cm³/mol. The van der Waals surface area contributed by atoms with Gasteiger partial charge in [-0.3, -0.25) is 0 Å². The highest BCUT2D eigenvalue weighted by molar-refractivity contribution is 9.09. The first-order valence-corrected chi connectivity index (χ1v) is 3.02. The summed E-state index contributed by atoms with van der Waals surface area (Å²) in [5.74, 6) is 0. The second-order valence-corrected chi connectivity index (χ2v) is 1.54. The molecule has 7 heavy (non-hydrogen) atoms. The van der Waals surface area contributed by atoms with E-state index in [9.17, 15) is 0 Å². The molecule has 0 unspecified atom stereocenters. The lowest BCUT2D eigenvalue weighted by Gasteiger charge is -1.94. The molecule has 1 radical (unpaired) electrons.